The maximum Gasteiger partial charge on any atom is 0.106 e. The first-order valence-electron chi connectivity index (χ1n) is 5.60. The van der Waals surface area contributed by atoms with Crippen molar-refractivity contribution in [2.45, 2.75) is 6.92 Å². The van der Waals surface area contributed by atoms with Crippen LogP contribution in [0.2, 0.25) is 10.0 Å². The van der Waals surface area contributed by atoms with Crippen molar-refractivity contribution >= 4 is 51.8 Å². The molecule has 0 unspecified atom stereocenters. The van der Waals surface area contributed by atoms with E-state index in [0.717, 1.165) is 16.9 Å². The summed E-state index contributed by atoms with van der Waals surface area (Å²) in [5, 5.41) is 4.58. The van der Waals surface area contributed by atoms with Crippen LogP contribution < -0.4 is 11.1 Å². The van der Waals surface area contributed by atoms with Crippen molar-refractivity contribution in [3.63, 3.8) is 0 Å². The zero-order valence-corrected chi connectivity index (χ0v) is 12.5. The van der Waals surface area contributed by atoms with Gasteiger partial charge < -0.3 is 11.1 Å². The maximum atomic E-state index is 6.10. The third kappa shape index (κ3) is 3.18. The van der Waals surface area contributed by atoms with Gasteiger partial charge in [0, 0.05) is 27.0 Å². The van der Waals surface area contributed by atoms with Gasteiger partial charge in [0.15, 0.2) is 0 Å². The number of benzene rings is 2. The zero-order valence-electron chi connectivity index (χ0n) is 10.2. The lowest BCUT2D eigenvalue weighted by Crippen LogP contribution is -2.12. The molecule has 2 nitrogen and oxygen atoms in total. The number of anilines is 2. The van der Waals surface area contributed by atoms with Gasteiger partial charge in [0.25, 0.3) is 0 Å². The van der Waals surface area contributed by atoms with Gasteiger partial charge in [-0.2, -0.15) is 0 Å². The lowest BCUT2D eigenvalue weighted by atomic mass is 10.1. The van der Waals surface area contributed by atoms with Crippen LogP contribution in [0.25, 0.3) is 0 Å². The first-order chi connectivity index (χ1) is 8.99. The highest BCUT2D eigenvalue weighted by Crippen LogP contribution is 2.29. The smallest absolute Gasteiger partial charge is 0.106 e. The Labute approximate surface area is 127 Å². The average Bonchev–Trinajstić information content (AvgIpc) is 2.36. The summed E-state index contributed by atoms with van der Waals surface area (Å²) in [4.78, 5) is 0.296. The molecule has 0 spiro atoms. The van der Waals surface area contributed by atoms with Crippen LogP contribution in [-0.2, 0) is 0 Å². The van der Waals surface area contributed by atoms with Crippen LogP contribution in [0.3, 0.4) is 0 Å². The highest BCUT2D eigenvalue weighted by molar-refractivity contribution is 7.80. The van der Waals surface area contributed by atoms with E-state index in [-0.39, 0.29) is 0 Å². The summed E-state index contributed by atoms with van der Waals surface area (Å²) in [5.41, 5.74) is 9.10. The first kappa shape index (κ1) is 14.1. The normalized spacial score (nSPS) is 10.3. The number of thiocarbonyl (C=S) groups is 1. The largest absolute Gasteiger partial charge is 0.389 e. The Hall–Kier alpha value is -1.29. The molecule has 2 rings (SSSR count). The van der Waals surface area contributed by atoms with Gasteiger partial charge in [-0.25, -0.2) is 0 Å². The molecule has 0 aliphatic heterocycles. The fraction of sp³-hybridized carbons (Fsp3) is 0.0714. The van der Waals surface area contributed by atoms with Gasteiger partial charge in [-0.1, -0.05) is 41.5 Å². The topological polar surface area (TPSA) is 38.0 Å². The standard InChI is InChI=1S/C14H12Cl2N2S/c1-8-11(16)3-2-4-12(8)18-13-6-5-9(15)7-10(13)14(17)19/h2-7,18H,1H3,(H2,17,19). The van der Waals surface area contributed by atoms with Gasteiger partial charge in [0.2, 0.25) is 0 Å². The Kier molecular flexibility index (Phi) is 4.30. The van der Waals surface area contributed by atoms with Crippen molar-refractivity contribution in [3.05, 3.63) is 57.6 Å². The number of hydrogen-bond acceptors (Lipinski definition) is 2. The second-order valence-corrected chi connectivity index (χ2v) is 5.38. The first-order valence-corrected chi connectivity index (χ1v) is 6.77. The highest BCUT2D eigenvalue weighted by Gasteiger charge is 2.08. The van der Waals surface area contributed by atoms with E-state index in [1.807, 2.05) is 31.2 Å². The second-order valence-electron chi connectivity index (χ2n) is 4.09. The minimum absolute atomic E-state index is 0.296. The molecular formula is C14H12Cl2N2S. The number of rotatable bonds is 3. The Balaban J connectivity index is 2.44. The van der Waals surface area contributed by atoms with Crippen LogP contribution in [0.4, 0.5) is 11.4 Å². The zero-order chi connectivity index (χ0) is 14.0. The molecule has 0 fully saturated rings. The molecule has 0 saturated carbocycles. The highest BCUT2D eigenvalue weighted by atomic mass is 35.5. The van der Waals surface area contributed by atoms with E-state index in [9.17, 15) is 0 Å². The van der Waals surface area contributed by atoms with Crippen molar-refractivity contribution in [2.75, 3.05) is 5.32 Å². The summed E-state index contributed by atoms with van der Waals surface area (Å²) in [7, 11) is 0. The monoisotopic (exact) mass is 310 g/mol. The molecule has 0 amide bonds. The van der Waals surface area contributed by atoms with E-state index in [2.05, 4.69) is 5.32 Å². The molecular weight excluding hydrogens is 299 g/mol. The lowest BCUT2D eigenvalue weighted by Gasteiger charge is -2.14. The van der Waals surface area contributed by atoms with Gasteiger partial charge in [-0.15, -0.1) is 0 Å². The van der Waals surface area contributed by atoms with Gasteiger partial charge in [0.1, 0.15) is 4.99 Å². The van der Waals surface area contributed by atoms with E-state index >= 15 is 0 Å². The van der Waals surface area contributed by atoms with Crippen molar-refractivity contribution in [1.29, 1.82) is 0 Å². The molecule has 0 aliphatic rings. The lowest BCUT2D eigenvalue weighted by molar-refractivity contribution is 1.42. The molecule has 5 heteroatoms. The van der Waals surface area contributed by atoms with Crippen molar-refractivity contribution < 1.29 is 0 Å². The molecule has 0 aromatic heterocycles. The summed E-state index contributed by atoms with van der Waals surface area (Å²) < 4.78 is 0. The fourth-order valence-corrected chi connectivity index (χ4v) is 2.23. The molecule has 0 radical (unpaired) electrons. The second kappa shape index (κ2) is 5.78. The Morgan fingerprint density at radius 3 is 2.58 bits per heavy atom. The molecule has 0 heterocycles. The quantitative estimate of drug-likeness (QED) is 0.808. The number of hydrogen-bond donors (Lipinski definition) is 2. The van der Waals surface area contributed by atoms with Crippen LogP contribution in [0.15, 0.2) is 36.4 Å². The molecule has 0 saturated heterocycles. The van der Waals surface area contributed by atoms with Crippen LogP contribution in [0.5, 0.6) is 0 Å². The van der Waals surface area contributed by atoms with Crippen molar-refractivity contribution in [3.8, 4) is 0 Å². The molecule has 19 heavy (non-hydrogen) atoms. The third-order valence-electron chi connectivity index (χ3n) is 2.78. The van der Waals surface area contributed by atoms with Gasteiger partial charge in [-0.05, 0) is 42.8 Å². The molecule has 98 valence electrons. The predicted molar refractivity (Wildman–Crippen MR) is 86.8 cm³/mol. The van der Waals surface area contributed by atoms with E-state index in [4.69, 9.17) is 41.2 Å². The molecule has 2 aromatic carbocycles. The van der Waals surface area contributed by atoms with E-state index in [0.29, 0.717) is 20.6 Å². The number of nitrogens with two attached hydrogens (primary N) is 1. The van der Waals surface area contributed by atoms with Crippen LogP contribution >= 0.6 is 35.4 Å². The number of halogens is 2. The minimum atomic E-state index is 0.296. The van der Waals surface area contributed by atoms with Crippen LogP contribution in [-0.4, -0.2) is 4.99 Å². The molecule has 0 bridgehead atoms. The fourth-order valence-electron chi connectivity index (χ4n) is 1.72. The summed E-state index contributed by atoms with van der Waals surface area (Å²) in [6.45, 7) is 1.95. The van der Waals surface area contributed by atoms with Gasteiger partial charge >= 0.3 is 0 Å². The summed E-state index contributed by atoms with van der Waals surface area (Å²) in [6, 6.07) is 11.0. The SMILES string of the molecule is Cc1c(Cl)cccc1Nc1ccc(Cl)cc1C(N)=S. The van der Waals surface area contributed by atoms with E-state index in [1.54, 1.807) is 12.1 Å². The maximum absolute atomic E-state index is 6.10. The molecule has 3 N–H and O–H groups in total. The number of nitrogens with one attached hydrogen (secondary N) is 1. The molecule has 2 aromatic rings. The predicted octanol–water partition coefficient (Wildman–Crippen LogP) is 4.68. The molecule has 0 aliphatic carbocycles. The van der Waals surface area contributed by atoms with Gasteiger partial charge in [0.05, 0.1) is 0 Å². The van der Waals surface area contributed by atoms with Crippen LogP contribution in [0.1, 0.15) is 11.1 Å². The summed E-state index contributed by atoms with van der Waals surface area (Å²) in [6.07, 6.45) is 0. The van der Waals surface area contributed by atoms with E-state index < -0.39 is 0 Å². The Morgan fingerprint density at radius 1 is 1.16 bits per heavy atom. The third-order valence-corrected chi connectivity index (χ3v) is 3.65. The van der Waals surface area contributed by atoms with Crippen LogP contribution in [0, 0.1) is 6.92 Å². The molecule has 0 atom stereocenters. The van der Waals surface area contributed by atoms with E-state index in [1.165, 1.54) is 0 Å². The van der Waals surface area contributed by atoms with Crippen molar-refractivity contribution in [1.82, 2.24) is 0 Å². The summed E-state index contributed by atoms with van der Waals surface area (Å²) >= 11 is 17.1. The average molecular weight is 311 g/mol. The van der Waals surface area contributed by atoms with Crippen molar-refractivity contribution in [2.24, 2.45) is 5.73 Å². The Morgan fingerprint density at radius 2 is 1.89 bits per heavy atom. The summed E-state index contributed by atoms with van der Waals surface area (Å²) in [5.74, 6) is 0. The Bertz CT molecular complexity index is 641. The van der Waals surface area contributed by atoms with Gasteiger partial charge in [-0.3, -0.25) is 0 Å². The minimum Gasteiger partial charge on any atom is -0.389 e.